The van der Waals surface area contributed by atoms with Crippen LogP contribution in [0.5, 0.6) is 5.75 Å². The first kappa shape index (κ1) is 16.9. The van der Waals surface area contributed by atoms with Crippen LogP contribution < -0.4 is 0 Å². The summed E-state index contributed by atoms with van der Waals surface area (Å²) in [6, 6.07) is 4.99. The lowest BCUT2D eigenvalue weighted by Gasteiger charge is -2.10. The number of phenolic OH excluding ortho intramolecular Hbond substituents is 1. The Labute approximate surface area is 145 Å². The van der Waals surface area contributed by atoms with Gasteiger partial charge in [-0.05, 0) is 32.1 Å². The Hall–Kier alpha value is -2.95. The van der Waals surface area contributed by atoms with E-state index < -0.39 is 5.92 Å². The molecule has 1 aromatic heterocycles. The van der Waals surface area contributed by atoms with E-state index in [0.717, 1.165) is 5.57 Å². The molecule has 5 heteroatoms. The molecule has 1 aliphatic carbocycles. The number of allylic oxidation sites excluding steroid dienone is 4. The topological polar surface area (TPSA) is 68.9 Å². The molecular formula is C20H20O5. The molecule has 2 aromatic rings. The van der Waals surface area contributed by atoms with Gasteiger partial charge >= 0.3 is 0 Å². The smallest absolute Gasteiger partial charge is 0.177 e. The van der Waals surface area contributed by atoms with Crippen LogP contribution >= 0.6 is 0 Å². The molecule has 0 fully saturated rings. The van der Waals surface area contributed by atoms with Crippen LogP contribution in [0.25, 0.3) is 11.0 Å². The number of phenols is 1. The van der Waals surface area contributed by atoms with Crippen LogP contribution in [0.15, 0.2) is 57.9 Å². The van der Waals surface area contributed by atoms with Crippen molar-refractivity contribution in [1.29, 1.82) is 0 Å². The highest BCUT2D eigenvalue weighted by molar-refractivity contribution is 6.11. The summed E-state index contributed by atoms with van der Waals surface area (Å²) < 4.78 is 16.4. The van der Waals surface area contributed by atoms with Crippen LogP contribution in [0.2, 0.25) is 0 Å². The maximum Gasteiger partial charge on any atom is 0.177 e. The second kappa shape index (κ2) is 6.51. The van der Waals surface area contributed by atoms with Crippen molar-refractivity contribution in [3.63, 3.8) is 0 Å². The van der Waals surface area contributed by atoms with Crippen molar-refractivity contribution in [3.8, 4) is 5.75 Å². The lowest BCUT2D eigenvalue weighted by Crippen LogP contribution is -2.12. The SMILES string of the molecule is COC1=CC(C(=O)c2c(C)oc3c(O)cccc23)C=CC(OC)=C1C. The van der Waals surface area contributed by atoms with Gasteiger partial charge in [0.25, 0.3) is 0 Å². The molecule has 0 bridgehead atoms. The average Bonchev–Trinajstić information content (AvgIpc) is 2.85. The van der Waals surface area contributed by atoms with Gasteiger partial charge in [0.1, 0.15) is 17.3 Å². The number of para-hydroxylation sites is 1. The van der Waals surface area contributed by atoms with Crippen LogP contribution in [0.4, 0.5) is 0 Å². The summed E-state index contributed by atoms with van der Waals surface area (Å²) in [5.74, 6) is 1.08. The Bertz CT molecular complexity index is 927. The maximum atomic E-state index is 13.2. The molecule has 1 N–H and O–H groups in total. The van der Waals surface area contributed by atoms with Gasteiger partial charge in [-0.15, -0.1) is 0 Å². The molecular weight excluding hydrogens is 320 g/mol. The van der Waals surface area contributed by atoms with E-state index in [9.17, 15) is 9.90 Å². The quantitative estimate of drug-likeness (QED) is 0.842. The molecule has 1 aromatic carbocycles. The number of rotatable bonds is 4. The average molecular weight is 340 g/mol. The third kappa shape index (κ3) is 2.82. The van der Waals surface area contributed by atoms with Gasteiger partial charge in [-0.3, -0.25) is 4.79 Å². The van der Waals surface area contributed by atoms with E-state index in [1.165, 1.54) is 6.07 Å². The Morgan fingerprint density at radius 3 is 2.64 bits per heavy atom. The van der Waals surface area contributed by atoms with E-state index in [1.54, 1.807) is 51.5 Å². The first-order valence-electron chi connectivity index (χ1n) is 7.92. The third-order valence-electron chi connectivity index (χ3n) is 4.38. The van der Waals surface area contributed by atoms with Gasteiger partial charge < -0.3 is 19.0 Å². The lowest BCUT2D eigenvalue weighted by molar-refractivity contribution is 0.0963. The standard InChI is InChI=1S/C20H20O5/c1-11-16(23-3)9-8-13(10-17(11)24-4)19(22)18-12(2)25-20-14(18)6-5-7-15(20)21/h5-10,13,21H,1-4H3. The number of fused-ring (bicyclic) bond motifs is 1. The number of benzene rings is 1. The van der Waals surface area contributed by atoms with Gasteiger partial charge in [0, 0.05) is 11.0 Å². The second-order valence-electron chi connectivity index (χ2n) is 5.86. The Balaban J connectivity index is 2.09. The number of aryl methyl sites for hydroxylation is 1. The summed E-state index contributed by atoms with van der Waals surface area (Å²) in [5.41, 5.74) is 1.61. The van der Waals surface area contributed by atoms with Gasteiger partial charge in [-0.1, -0.05) is 18.2 Å². The molecule has 1 unspecified atom stereocenters. The molecule has 0 saturated carbocycles. The molecule has 0 spiro atoms. The summed E-state index contributed by atoms with van der Waals surface area (Å²) in [6.07, 6.45) is 5.31. The first-order valence-corrected chi connectivity index (χ1v) is 7.92. The fourth-order valence-corrected chi connectivity index (χ4v) is 3.08. The number of ketones is 1. The van der Waals surface area contributed by atoms with Crippen molar-refractivity contribution in [2.75, 3.05) is 14.2 Å². The van der Waals surface area contributed by atoms with E-state index in [0.29, 0.717) is 33.8 Å². The predicted octanol–water partition coefficient (Wildman–Crippen LogP) is 4.27. The molecule has 0 radical (unpaired) electrons. The largest absolute Gasteiger partial charge is 0.504 e. The van der Waals surface area contributed by atoms with Gasteiger partial charge in [0.2, 0.25) is 0 Å². The number of ether oxygens (including phenoxy) is 2. The normalized spacial score (nSPS) is 17.4. The van der Waals surface area contributed by atoms with Crippen LogP contribution in [0.3, 0.4) is 0 Å². The molecule has 1 aliphatic rings. The Kier molecular flexibility index (Phi) is 4.40. The summed E-state index contributed by atoms with van der Waals surface area (Å²) >= 11 is 0. The van der Waals surface area contributed by atoms with E-state index in [2.05, 4.69) is 0 Å². The summed E-state index contributed by atoms with van der Waals surface area (Å²) in [5, 5.41) is 10.6. The first-order chi connectivity index (χ1) is 12.0. The molecule has 1 atom stereocenters. The molecule has 1 heterocycles. The highest BCUT2D eigenvalue weighted by Gasteiger charge is 2.26. The van der Waals surface area contributed by atoms with E-state index in [1.807, 2.05) is 6.92 Å². The third-order valence-corrected chi connectivity index (χ3v) is 4.38. The van der Waals surface area contributed by atoms with E-state index in [-0.39, 0.29) is 11.5 Å². The number of carbonyl (C=O) groups excluding carboxylic acids is 1. The van der Waals surface area contributed by atoms with Crippen molar-refractivity contribution >= 4 is 16.8 Å². The Morgan fingerprint density at radius 1 is 1.20 bits per heavy atom. The minimum absolute atomic E-state index is 0.0170. The van der Waals surface area contributed by atoms with Crippen molar-refractivity contribution in [3.05, 3.63) is 64.8 Å². The molecule has 5 nitrogen and oxygen atoms in total. The monoisotopic (exact) mass is 340 g/mol. The number of furan rings is 1. The van der Waals surface area contributed by atoms with Gasteiger partial charge in [0.05, 0.1) is 25.7 Å². The number of methoxy groups -OCH3 is 2. The zero-order valence-corrected chi connectivity index (χ0v) is 14.6. The maximum absolute atomic E-state index is 13.2. The fraction of sp³-hybridized carbons (Fsp3) is 0.250. The van der Waals surface area contributed by atoms with Crippen LogP contribution in [-0.4, -0.2) is 25.1 Å². The summed E-state index contributed by atoms with van der Waals surface area (Å²) in [6.45, 7) is 3.60. The van der Waals surface area contributed by atoms with E-state index >= 15 is 0 Å². The number of aromatic hydroxyl groups is 1. The van der Waals surface area contributed by atoms with Crippen LogP contribution in [-0.2, 0) is 9.47 Å². The Morgan fingerprint density at radius 2 is 1.96 bits per heavy atom. The number of hydrogen-bond acceptors (Lipinski definition) is 5. The zero-order valence-electron chi connectivity index (χ0n) is 14.6. The van der Waals surface area contributed by atoms with Crippen LogP contribution in [0, 0.1) is 12.8 Å². The number of hydrogen-bond donors (Lipinski definition) is 1. The van der Waals surface area contributed by atoms with Gasteiger partial charge in [-0.25, -0.2) is 0 Å². The molecule has 0 amide bonds. The fourth-order valence-electron chi connectivity index (χ4n) is 3.08. The van der Waals surface area contributed by atoms with Gasteiger partial charge in [0.15, 0.2) is 17.1 Å². The van der Waals surface area contributed by atoms with E-state index in [4.69, 9.17) is 13.9 Å². The highest BCUT2D eigenvalue weighted by Crippen LogP contribution is 2.34. The molecule has 0 saturated heterocycles. The summed E-state index contributed by atoms with van der Waals surface area (Å²) in [4.78, 5) is 13.2. The lowest BCUT2D eigenvalue weighted by atomic mass is 9.94. The predicted molar refractivity (Wildman–Crippen MR) is 94.4 cm³/mol. The molecule has 130 valence electrons. The van der Waals surface area contributed by atoms with Crippen molar-refractivity contribution in [1.82, 2.24) is 0 Å². The van der Waals surface area contributed by atoms with Gasteiger partial charge in [-0.2, -0.15) is 0 Å². The van der Waals surface area contributed by atoms with Crippen LogP contribution in [0.1, 0.15) is 23.0 Å². The summed E-state index contributed by atoms with van der Waals surface area (Å²) in [7, 11) is 3.14. The number of carbonyl (C=O) groups is 1. The highest BCUT2D eigenvalue weighted by atomic mass is 16.5. The van der Waals surface area contributed by atoms with Crippen molar-refractivity contribution in [2.24, 2.45) is 5.92 Å². The molecule has 3 rings (SSSR count). The van der Waals surface area contributed by atoms with Crippen molar-refractivity contribution < 1.29 is 23.8 Å². The minimum atomic E-state index is -0.528. The second-order valence-corrected chi connectivity index (χ2v) is 5.86. The molecule has 0 aliphatic heterocycles. The van der Waals surface area contributed by atoms with Crippen molar-refractivity contribution in [2.45, 2.75) is 13.8 Å². The number of Topliss-reactive ketones (excluding diaryl/α,β-unsaturated/α-hetero) is 1. The molecule has 25 heavy (non-hydrogen) atoms. The zero-order chi connectivity index (χ0) is 18.1. The minimum Gasteiger partial charge on any atom is -0.504 e.